The molecule has 1 aliphatic rings. The van der Waals surface area contributed by atoms with E-state index in [4.69, 9.17) is 23.8 Å². The zero-order chi connectivity index (χ0) is 19.6. The lowest BCUT2D eigenvalue weighted by atomic mass is 9.80. The van der Waals surface area contributed by atoms with Crippen molar-refractivity contribution in [3.8, 4) is 0 Å². The Hall–Kier alpha value is -2.11. The highest BCUT2D eigenvalue weighted by Crippen LogP contribution is 2.44. The molecule has 3 rings (SSSR count). The summed E-state index contributed by atoms with van der Waals surface area (Å²) in [7, 11) is 2.13. The van der Waals surface area contributed by atoms with Crippen LogP contribution < -0.4 is 15.6 Å². The van der Waals surface area contributed by atoms with Crippen molar-refractivity contribution in [1.29, 1.82) is 0 Å². The quantitative estimate of drug-likeness (QED) is 0.412. The van der Waals surface area contributed by atoms with Crippen LogP contribution in [0.5, 0.6) is 0 Å². The van der Waals surface area contributed by atoms with Gasteiger partial charge in [-0.1, -0.05) is 36.7 Å². The predicted octanol–water partition coefficient (Wildman–Crippen LogP) is 5.38. The maximum absolute atomic E-state index is 6.52. The molecule has 2 N–H and O–H groups in total. The largest absolute Gasteiger partial charge is 0.369 e. The van der Waals surface area contributed by atoms with E-state index in [0.717, 1.165) is 17.7 Å². The summed E-state index contributed by atoms with van der Waals surface area (Å²) < 4.78 is 0. The lowest BCUT2D eigenvalue weighted by Crippen LogP contribution is -2.45. The molecule has 27 heavy (non-hydrogen) atoms. The van der Waals surface area contributed by atoms with Crippen LogP contribution in [0.3, 0.4) is 0 Å². The van der Waals surface area contributed by atoms with Crippen molar-refractivity contribution in [2.75, 3.05) is 17.3 Å². The number of thiocarbonyl (C=S) groups is 1. The molecular weight excluding hydrogens is 376 g/mol. The summed E-state index contributed by atoms with van der Waals surface area (Å²) in [4.78, 5) is 2.31. The molecule has 0 unspecified atom stereocenters. The lowest BCUT2D eigenvalue weighted by molar-refractivity contribution is 0.395. The molecule has 1 aliphatic heterocycles. The van der Waals surface area contributed by atoms with Crippen LogP contribution in [0.1, 0.15) is 44.2 Å². The Labute approximate surface area is 171 Å². The van der Waals surface area contributed by atoms with Crippen LogP contribution in [0.2, 0.25) is 5.02 Å². The third-order valence-electron chi connectivity index (χ3n) is 5.15. The van der Waals surface area contributed by atoms with Crippen LogP contribution >= 0.6 is 23.8 Å². The Morgan fingerprint density at radius 2 is 2.00 bits per heavy atom. The summed E-state index contributed by atoms with van der Waals surface area (Å²) in [6.07, 6.45) is 2.81. The maximum atomic E-state index is 6.52. The van der Waals surface area contributed by atoms with Crippen molar-refractivity contribution in [2.24, 2.45) is 5.10 Å². The number of nitrogens with one attached hydrogen (secondary N) is 2. The molecule has 142 valence electrons. The second-order valence-corrected chi connectivity index (χ2v) is 8.41. The molecule has 0 fully saturated rings. The summed E-state index contributed by atoms with van der Waals surface area (Å²) in [6.45, 7) is 6.79. The molecule has 0 saturated carbocycles. The highest BCUT2D eigenvalue weighted by Gasteiger charge is 2.34. The van der Waals surface area contributed by atoms with Crippen molar-refractivity contribution in [2.45, 2.75) is 38.6 Å². The molecule has 0 saturated heterocycles. The van der Waals surface area contributed by atoms with E-state index in [1.807, 2.05) is 36.4 Å². The van der Waals surface area contributed by atoms with Crippen LogP contribution in [0, 0.1) is 0 Å². The molecule has 1 atom stereocenters. The van der Waals surface area contributed by atoms with Crippen molar-refractivity contribution >= 4 is 46.5 Å². The van der Waals surface area contributed by atoms with Gasteiger partial charge in [-0.25, -0.2) is 0 Å². The standard InChI is InChI=1S/C21H25ClN4S/c1-14-12-21(2,3)26(4)19-11-18(22)15(10-17(14)19)13-23-25-20(27)24-16-8-6-5-7-9-16/h5-11,13-14H,12H2,1-4H3,(H2,24,25,27)/b23-13+/t14-/m1/s1. The Morgan fingerprint density at radius 3 is 2.70 bits per heavy atom. The zero-order valence-electron chi connectivity index (χ0n) is 16.1. The van der Waals surface area contributed by atoms with Gasteiger partial charge >= 0.3 is 0 Å². The molecule has 4 nitrogen and oxygen atoms in total. The van der Waals surface area contributed by atoms with Gasteiger partial charge in [-0.05, 0) is 68.2 Å². The van der Waals surface area contributed by atoms with Gasteiger partial charge in [-0.2, -0.15) is 5.10 Å². The summed E-state index contributed by atoms with van der Waals surface area (Å²) in [5.41, 5.74) is 7.24. The molecule has 0 aromatic heterocycles. The van der Waals surface area contributed by atoms with Crippen molar-refractivity contribution in [3.05, 3.63) is 58.6 Å². The SMILES string of the molecule is C[C@@H]1CC(C)(C)N(C)c2cc(Cl)c(/C=N/NC(=S)Nc3ccccc3)cc21. The molecular formula is C21H25ClN4S. The second kappa shape index (κ2) is 7.87. The number of halogens is 1. The number of hydrogen-bond donors (Lipinski definition) is 2. The van der Waals surface area contributed by atoms with Crippen LogP contribution in [0.4, 0.5) is 11.4 Å². The van der Waals surface area contributed by atoms with E-state index in [2.05, 4.69) is 54.6 Å². The number of nitrogens with zero attached hydrogens (tertiary/aromatic N) is 2. The van der Waals surface area contributed by atoms with Gasteiger partial charge in [0.1, 0.15) is 0 Å². The number of rotatable bonds is 3. The molecule has 2 aromatic carbocycles. The molecule has 0 aliphatic carbocycles. The van der Waals surface area contributed by atoms with E-state index >= 15 is 0 Å². The van der Waals surface area contributed by atoms with E-state index in [9.17, 15) is 0 Å². The van der Waals surface area contributed by atoms with Crippen molar-refractivity contribution in [1.82, 2.24) is 5.43 Å². The summed E-state index contributed by atoms with van der Waals surface area (Å²) in [6, 6.07) is 13.9. The molecule has 0 spiro atoms. The van der Waals surface area contributed by atoms with Gasteiger partial charge in [-0.3, -0.25) is 5.43 Å². The van der Waals surface area contributed by atoms with E-state index in [-0.39, 0.29) is 5.54 Å². The Morgan fingerprint density at radius 1 is 1.30 bits per heavy atom. The smallest absolute Gasteiger partial charge is 0.191 e. The first-order valence-electron chi connectivity index (χ1n) is 9.00. The first kappa shape index (κ1) is 19.6. The fraction of sp³-hybridized carbons (Fsp3) is 0.333. The number of hydrazone groups is 1. The normalized spacial score (nSPS) is 18.3. The fourth-order valence-electron chi connectivity index (χ4n) is 3.54. The Balaban J connectivity index is 1.73. The Kier molecular flexibility index (Phi) is 5.72. The number of anilines is 2. The third kappa shape index (κ3) is 4.42. The predicted molar refractivity (Wildman–Crippen MR) is 120 cm³/mol. The first-order valence-corrected chi connectivity index (χ1v) is 9.79. The van der Waals surface area contributed by atoms with Gasteiger partial charge in [0.2, 0.25) is 0 Å². The number of benzene rings is 2. The molecule has 0 radical (unpaired) electrons. The van der Waals surface area contributed by atoms with Gasteiger partial charge in [0.05, 0.1) is 11.2 Å². The maximum Gasteiger partial charge on any atom is 0.191 e. The number of fused-ring (bicyclic) bond motifs is 1. The highest BCUT2D eigenvalue weighted by molar-refractivity contribution is 7.80. The average molecular weight is 401 g/mol. The third-order valence-corrected chi connectivity index (χ3v) is 5.67. The fourth-order valence-corrected chi connectivity index (χ4v) is 3.92. The minimum atomic E-state index is 0.113. The van der Waals surface area contributed by atoms with Crippen LogP contribution in [-0.4, -0.2) is 23.9 Å². The summed E-state index contributed by atoms with van der Waals surface area (Å²) in [5.74, 6) is 0.462. The van der Waals surface area contributed by atoms with Crippen LogP contribution in [-0.2, 0) is 0 Å². The van der Waals surface area contributed by atoms with Crippen LogP contribution in [0.15, 0.2) is 47.6 Å². The average Bonchev–Trinajstić information content (AvgIpc) is 2.61. The summed E-state index contributed by atoms with van der Waals surface area (Å²) in [5, 5.41) is 8.44. The minimum Gasteiger partial charge on any atom is -0.369 e. The minimum absolute atomic E-state index is 0.113. The van der Waals surface area contributed by atoms with E-state index in [1.54, 1.807) is 6.21 Å². The lowest BCUT2D eigenvalue weighted by Gasteiger charge is -2.45. The van der Waals surface area contributed by atoms with Gasteiger partial charge in [0.25, 0.3) is 0 Å². The molecule has 0 amide bonds. The highest BCUT2D eigenvalue weighted by atomic mass is 35.5. The van der Waals surface area contributed by atoms with Crippen LogP contribution in [0.25, 0.3) is 0 Å². The van der Waals surface area contributed by atoms with E-state index in [1.165, 1.54) is 11.3 Å². The van der Waals surface area contributed by atoms with Crippen molar-refractivity contribution in [3.63, 3.8) is 0 Å². The van der Waals surface area contributed by atoms with Gasteiger partial charge in [-0.15, -0.1) is 0 Å². The van der Waals surface area contributed by atoms with Crippen molar-refractivity contribution < 1.29 is 0 Å². The number of para-hydroxylation sites is 1. The first-order chi connectivity index (χ1) is 12.8. The molecule has 6 heteroatoms. The molecule has 0 bridgehead atoms. The molecule has 2 aromatic rings. The second-order valence-electron chi connectivity index (χ2n) is 7.60. The van der Waals surface area contributed by atoms with Gasteiger partial charge < -0.3 is 10.2 Å². The monoisotopic (exact) mass is 400 g/mol. The summed E-state index contributed by atoms with van der Waals surface area (Å²) >= 11 is 11.8. The molecule has 1 heterocycles. The van der Waals surface area contributed by atoms with E-state index < -0.39 is 0 Å². The Bertz CT molecular complexity index is 864. The van der Waals surface area contributed by atoms with Gasteiger partial charge in [0, 0.05) is 29.5 Å². The van der Waals surface area contributed by atoms with Gasteiger partial charge in [0.15, 0.2) is 5.11 Å². The topological polar surface area (TPSA) is 39.7 Å². The zero-order valence-corrected chi connectivity index (χ0v) is 17.7. The van der Waals surface area contributed by atoms with E-state index in [0.29, 0.717) is 16.1 Å². The number of hydrogen-bond acceptors (Lipinski definition) is 3.